The third kappa shape index (κ3) is 4.91. The molecule has 0 aromatic carbocycles. The van der Waals surface area contributed by atoms with Gasteiger partial charge in [-0.15, -0.1) is 0 Å². The van der Waals surface area contributed by atoms with Crippen molar-refractivity contribution >= 4 is 11.3 Å². The van der Waals surface area contributed by atoms with Gasteiger partial charge in [-0.1, -0.05) is 19.9 Å². The number of hydrogen-bond donors (Lipinski definition) is 0. The first kappa shape index (κ1) is 24.9. The van der Waals surface area contributed by atoms with Gasteiger partial charge in [0.25, 0.3) is 0 Å². The summed E-state index contributed by atoms with van der Waals surface area (Å²) in [7, 11) is 1.97. The molecule has 0 spiro atoms. The SMILES string of the molecule is CC(C)COc1cc(-c2ccc(N(C)C(C)c3ccc(-n4cc(F)cn4)nc3)nc2)c2c(C#N)cnn2c1. The predicted octanol–water partition coefficient (Wildman–Crippen LogP) is 5.22. The average Bonchev–Trinajstić information content (AvgIpc) is 3.57. The maximum absolute atomic E-state index is 13.3. The molecule has 0 fully saturated rings. The highest BCUT2D eigenvalue weighted by Crippen LogP contribution is 2.32. The van der Waals surface area contributed by atoms with Gasteiger partial charge in [0.2, 0.25) is 0 Å². The molecule has 5 aromatic heterocycles. The van der Waals surface area contributed by atoms with Gasteiger partial charge >= 0.3 is 0 Å². The van der Waals surface area contributed by atoms with Crippen molar-refractivity contribution in [3.8, 4) is 28.8 Å². The summed E-state index contributed by atoms with van der Waals surface area (Å²) in [6.45, 7) is 6.81. The van der Waals surface area contributed by atoms with E-state index in [2.05, 4.69) is 42.0 Å². The number of ether oxygens (including phenoxy) is 1. The molecule has 0 N–H and O–H groups in total. The van der Waals surface area contributed by atoms with Crippen LogP contribution in [0.25, 0.3) is 22.5 Å². The number of rotatable bonds is 8. The summed E-state index contributed by atoms with van der Waals surface area (Å²) < 4.78 is 22.3. The molecule has 1 unspecified atom stereocenters. The van der Waals surface area contributed by atoms with Gasteiger partial charge in [-0.05, 0) is 42.7 Å². The van der Waals surface area contributed by atoms with Crippen molar-refractivity contribution in [2.24, 2.45) is 5.92 Å². The molecular weight excluding hydrogens is 483 g/mol. The summed E-state index contributed by atoms with van der Waals surface area (Å²) in [5.74, 6) is 1.96. The molecule has 0 radical (unpaired) electrons. The third-order valence-corrected chi connectivity index (χ3v) is 6.33. The molecule has 0 saturated carbocycles. The number of fused-ring (bicyclic) bond motifs is 1. The molecule has 1 atom stereocenters. The largest absolute Gasteiger partial charge is 0.492 e. The van der Waals surface area contributed by atoms with Crippen LogP contribution < -0.4 is 9.64 Å². The maximum atomic E-state index is 13.3. The van der Waals surface area contributed by atoms with Crippen molar-refractivity contribution in [3.05, 3.63) is 84.5 Å². The van der Waals surface area contributed by atoms with Crippen LogP contribution in [0.4, 0.5) is 10.2 Å². The van der Waals surface area contributed by atoms with Gasteiger partial charge < -0.3 is 9.64 Å². The molecular formula is C28H27FN8O. The minimum Gasteiger partial charge on any atom is -0.492 e. The molecule has 0 saturated heterocycles. The number of anilines is 1. The van der Waals surface area contributed by atoms with Crippen LogP contribution in [0.3, 0.4) is 0 Å². The molecule has 192 valence electrons. The van der Waals surface area contributed by atoms with Crippen LogP contribution in [0.5, 0.6) is 5.75 Å². The van der Waals surface area contributed by atoms with E-state index in [1.165, 1.54) is 10.9 Å². The molecule has 38 heavy (non-hydrogen) atoms. The fourth-order valence-electron chi connectivity index (χ4n) is 4.12. The van der Waals surface area contributed by atoms with E-state index >= 15 is 0 Å². The second-order valence-electron chi connectivity index (χ2n) is 9.50. The summed E-state index contributed by atoms with van der Waals surface area (Å²) in [4.78, 5) is 11.2. The number of pyridine rings is 3. The van der Waals surface area contributed by atoms with Gasteiger partial charge in [0.1, 0.15) is 17.6 Å². The molecule has 0 aliphatic heterocycles. The van der Waals surface area contributed by atoms with Crippen LogP contribution in [-0.4, -0.2) is 43.0 Å². The van der Waals surface area contributed by atoms with E-state index in [1.54, 1.807) is 35.4 Å². The lowest BCUT2D eigenvalue weighted by molar-refractivity contribution is 0.270. The fraction of sp³-hybridized carbons (Fsp3) is 0.250. The Bertz CT molecular complexity index is 1600. The Balaban J connectivity index is 1.40. The Labute approximate surface area is 219 Å². The van der Waals surface area contributed by atoms with Gasteiger partial charge in [-0.25, -0.2) is 23.6 Å². The van der Waals surface area contributed by atoms with E-state index < -0.39 is 5.82 Å². The molecule has 10 heteroatoms. The van der Waals surface area contributed by atoms with E-state index in [0.29, 0.717) is 35.2 Å². The molecule has 0 bridgehead atoms. The van der Waals surface area contributed by atoms with Crippen molar-refractivity contribution in [1.29, 1.82) is 5.26 Å². The zero-order chi connectivity index (χ0) is 26.8. The molecule has 5 heterocycles. The molecule has 0 aliphatic rings. The Kier molecular flexibility index (Phi) is 6.75. The van der Waals surface area contributed by atoms with Crippen LogP contribution in [0, 0.1) is 23.1 Å². The first-order chi connectivity index (χ1) is 18.3. The maximum Gasteiger partial charge on any atom is 0.161 e. The van der Waals surface area contributed by atoms with E-state index in [9.17, 15) is 9.65 Å². The zero-order valence-electron chi connectivity index (χ0n) is 21.6. The number of hydrogen-bond acceptors (Lipinski definition) is 7. The lowest BCUT2D eigenvalue weighted by atomic mass is 10.0. The van der Waals surface area contributed by atoms with Crippen molar-refractivity contribution in [2.75, 3.05) is 18.6 Å². The van der Waals surface area contributed by atoms with Crippen LogP contribution in [0.2, 0.25) is 0 Å². The Morgan fingerprint density at radius 2 is 1.87 bits per heavy atom. The lowest BCUT2D eigenvalue weighted by Crippen LogP contribution is -2.22. The van der Waals surface area contributed by atoms with Crippen LogP contribution >= 0.6 is 0 Å². The topological polar surface area (TPSA) is 97.2 Å². The number of nitrogens with zero attached hydrogens (tertiary/aromatic N) is 8. The quantitative estimate of drug-likeness (QED) is 0.282. The van der Waals surface area contributed by atoms with Crippen molar-refractivity contribution < 1.29 is 9.13 Å². The molecule has 0 aliphatic carbocycles. The van der Waals surface area contributed by atoms with Crippen LogP contribution in [0.15, 0.2) is 67.5 Å². The first-order valence-electron chi connectivity index (χ1n) is 12.2. The van der Waals surface area contributed by atoms with Crippen molar-refractivity contribution in [1.82, 2.24) is 29.4 Å². The normalized spacial score (nSPS) is 12.0. The minimum absolute atomic E-state index is 0.0243. The zero-order valence-corrected chi connectivity index (χ0v) is 21.6. The fourth-order valence-corrected chi connectivity index (χ4v) is 4.12. The third-order valence-electron chi connectivity index (χ3n) is 6.33. The number of aromatic nitrogens is 6. The summed E-state index contributed by atoms with van der Waals surface area (Å²) in [6, 6.07) is 11.8. The second kappa shape index (κ2) is 10.3. The summed E-state index contributed by atoms with van der Waals surface area (Å²) in [5, 5.41) is 17.9. The smallest absolute Gasteiger partial charge is 0.161 e. The van der Waals surface area contributed by atoms with Gasteiger partial charge in [-0.3, -0.25) is 0 Å². The Morgan fingerprint density at radius 3 is 2.50 bits per heavy atom. The monoisotopic (exact) mass is 510 g/mol. The molecule has 5 aromatic rings. The predicted molar refractivity (Wildman–Crippen MR) is 142 cm³/mol. The molecule has 9 nitrogen and oxygen atoms in total. The number of nitriles is 1. The van der Waals surface area contributed by atoms with Gasteiger partial charge in [0.05, 0.1) is 48.5 Å². The molecule has 5 rings (SSSR count). The lowest BCUT2D eigenvalue weighted by Gasteiger charge is -2.26. The van der Waals surface area contributed by atoms with E-state index in [0.717, 1.165) is 28.7 Å². The van der Waals surface area contributed by atoms with Gasteiger partial charge in [-0.2, -0.15) is 15.5 Å². The van der Waals surface area contributed by atoms with E-state index in [-0.39, 0.29) is 6.04 Å². The number of halogens is 1. The summed E-state index contributed by atoms with van der Waals surface area (Å²) >= 11 is 0. The highest BCUT2D eigenvalue weighted by atomic mass is 19.1. The summed E-state index contributed by atoms with van der Waals surface area (Å²) in [6.07, 6.45) is 9.34. The molecule has 0 amide bonds. The first-order valence-corrected chi connectivity index (χ1v) is 12.2. The van der Waals surface area contributed by atoms with Crippen LogP contribution in [0.1, 0.15) is 37.9 Å². The van der Waals surface area contributed by atoms with Gasteiger partial charge in [0.15, 0.2) is 11.6 Å². The van der Waals surface area contributed by atoms with Crippen LogP contribution in [-0.2, 0) is 0 Å². The van der Waals surface area contributed by atoms with Gasteiger partial charge in [0, 0.05) is 30.6 Å². The van der Waals surface area contributed by atoms with Crippen molar-refractivity contribution in [2.45, 2.75) is 26.8 Å². The minimum atomic E-state index is -0.411. The highest BCUT2D eigenvalue weighted by Gasteiger charge is 2.17. The average molecular weight is 511 g/mol. The highest BCUT2D eigenvalue weighted by molar-refractivity contribution is 5.85. The second-order valence-corrected chi connectivity index (χ2v) is 9.50. The Hall–Kier alpha value is -4.78. The van der Waals surface area contributed by atoms with E-state index in [1.807, 2.05) is 36.2 Å². The summed E-state index contributed by atoms with van der Waals surface area (Å²) in [5.41, 5.74) is 3.85. The Morgan fingerprint density at radius 1 is 1.03 bits per heavy atom. The van der Waals surface area contributed by atoms with E-state index in [4.69, 9.17) is 9.72 Å². The van der Waals surface area contributed by atoms with Crippen molar-refractivity contribution in [3.63, 3.8) is 0 Å². The standard InChI is InChI=1S/C28H27FN8O/c1-18(2)17-38-24-9-25(28-22(10-30)13-33-37(28)16-24)21-6-7-26(31-12-21)35(4)19(3)20-5-8-27(32-11-20)36-15-23(29)14-34-36/h5-9,11-16,18-19H,17H2,1-4H3.